The average Bonchev–Trinajstić information content (AvgIpc) is 3.46. The molecule has 7 nitrogen and oxygen atoms in total. The van der Waals surface area contributed by atoms with Crippen LogP contribution in [0.2, 0.25) is 5.02 Å². The van der Waals surface area contributed by atoms with Gasteiger partial charge in [-0.15, -0.1) is 11.3 Å². The molecular formula is C25H25ClN4O3S. The summed E-state index contributed by atoms with van der Waals surface area (Å²) in [5, 5.41) is 26.4. The zero-order chi connectivity index (χ0) is 24.2. The third-order valence-corrected chi connectivity index (χ3v) is 6.49. The van der Waals surface area contributed by atoms with E-state index in [2.05, 4.69) is 20.8 Å². The van der Waals surface area contributed by atoms with Crippen LogP contribution >= 0.6 is 22.9 Å². The second-order valence-electron chi connectivity index (χ2n) is 8.27. The minimum atomic E-state index is -0.676. The van der Waals surface area contributed by atoms with Crippen molar-refractivity contribution in [3.63, 3.8) is 0 Å². The minimum Gasteiger partial charge on any atom is -0.388 e. The molecule has 2 amide bonds. The molecule has 0 saturated heterocycles. The highest BCUT2D eigenvalue weighted by Crippen LogP contribution is 2.29. The van der Waals surface area contributed by atoms with Crippen LogP contribution in [0.25, 0.3) is 22.0 Å². The minimum absolute atomic E-state index is 0.0228. The van der Waals surface area contributed by atoms with E-state index in [1.165, 1.54) is 11.3 Å². The molecule has 2 aromatic heterocycles. The number of fused-ring (bicyclic) bond motifs is 1. The van der Waals surface area contributed by atoms with E-state index in [9.17, 15) is 14.7 Å². The van der Waals surface area contributed by atoms with Gasteiger partial charge in [0.05, 0.1) is 16.5 Å². The number of benzene rings is 2. The second kappa shape index (κ2) is 10.4. The summed E-state index contributed by atoms with van der Waals surface area (Å²) in [5.41, 5.74) is 3.69. The molecular weight excluding hydrogens is 472 g/mol. The molecule has 0 saturated carbocycles. The van der Waals surface area contributed by atoms with Crippen molar-refractivity contribution in [2.45, 2.75) is 32.4 Å². The Balaban J connectivity index is 1.39. The van der Waals surface area contributed by atoms with Gasteiger partial charge in [-0.25, -0.2) is 0 Å². The van der Waals surface area contributed by atoms with Gasteiger partial charge < -0.3 is 15.7 Å². The van der Waals surface area contributed by atoms with Gasteiger partial charge in [-0.1, -0.05) is 29.8 Å². The quantitative estimate of drug-likeness (QED) is 0.277. The third kappa shape index (κ3) is 5.47. The molecule has 1 atom stereocenters. The topological polar surface area (TPSA) is 107 Å². The van der Waals surface area contributed by atoms with Gasteiger partial charge in [-0.3, -0.25) is 14.7 Å². The smallest absolute Gasteiger partial charge is 0.272 e. The number of thiophene rings is 1. The van der Waals surface area contributed by atoms with Crippen LogP contribution in [0.15, 0.2) is 53.9 Å². The highest BCUT2D eigenvalue weighted by atomic mass is 35.5. The Hall–Kier alpha value is -3.20. The van der Waals surface area contributed by atoms with Gasteiger partial charge in [0.2, 0.25) is 0 Å². The summed E-state index contributed by atoms with van der Waals surface area (Å²) < 4.78 is 0. The summed E-state index contributed by atoms with van der Waals surface area (Å²) >= 11 is 7.23. The number of rotatable bonds is 8. The van der Waals surface area contributed by atoms with E-state index >= 15 is 0 Å². The first kappa shape index (κ1) is 23.9. The molecule has 0 bridgehead atoms. The van der Waals surface area contributed by atoms with Crippen LogP contribution in [-0.2, 0) is 0 Å². The molecule has 2 aromatic carbocycles. The lowest BCUT2D eigenvalue weighted by atomic mass is 10.1. The van der Waals surface area contributed by atoms with Crippen molar-refractivity contribution in [2.24, 2.45) is 0 Å². The van der Waals surface area contributed by atoms with Gasteiger partial charge in [0.15, 0.2) is 5.69 Å². The number of nitrogens with zero attached hydrogens (tertiary/aromatic N) is 1. The van der Waals surface area contributed by atoms with Crippen LogP contribution in [0.1, 0.15) is 52.1 Å². The van der Waals surface area contributed by atoms with Crippen molar-refractivity contribution in [1.82, 2.24) is 20.8 Å². The SMILES string of the molecule is CC(C)NC(=O)c1n[nH]c2cc(-c3csc(C(=O)NCC[C@@H](O)c4ccc(Cl)cc4)c3)ccc12. The van der Waals surface area contributed by atoms with Crippen molar-refractivity contribution in [2.75, 3.05) is 6.54 Å². The maximum atomic E-state index is 12.6. The Kier molecular flexibility index (Phi) is 7.31. The molecule has 2 heterocycles. The molecule has 0 aliphatic heterocycles. The van der Waals surface area contributed by atoms with E-state index in [-0.39, 0.29) is 17.9 Å². The number of aromatic amines is 1. The Bertz CT molecular complexity index is 1310. The predicted molar refractivity (Wildman–Crippen MR) is 135 cm³/mol. The number of nitrogens with one attached hydrogen (secondary N) is 3. The second-order valence-corrected chi connectivity index (χ2v) is 9.62. The lowest BCUT2D eigenvalue weighted by Crippen LogP contribution is -2.30. The number of aliphatic hydroxyl groups excluding tert-OH is 1. The van der Waals surface area contributed by atoms with E-state index in [0.717, 1.165) is 27.6 Å². The fourth-order valence-electron chi connectivity index (χ4n) is 3.57. The largest absolute Gasteiger partial charge is 0.388 e. The maximum absolute atomic E-state index is 12.6. The Morgan fingerprint density at radius 3 is 2.59 bits per heavy atom. The van der Waals surface area contributed by atoms with E-state index in [1.54, 1.807) is 24.3 Å². The molecule has 0 spiro atoms. The Morgan fingerprint density at radius 1 is 1.09 bits per heavy atom. The summed E-state index contributed by atoms with van der Waals surface area (Å²) in [7, 11) is 0. The van der Waals surface area contributed by atoms with Crippen molar-refractivity contribution in [3.8, 4) is 11.1 Å². The van der Waals surface area contributed by atoms with Gasteiger partial charge in [-0.2, -0.15) is 5.10 Å². The van der Waals surface area contributed by atoms with E-state index in [1.807, 2.05) is 43.5 Å². The number of carbonyl (C=O) groups excluding carboxylic acids is 2. The number of hydrogen-bond acceptors (Lipinski definition) is 5. The van der Waals surface area contributed by atoms with E-state index in [4.69, 9.17) is 11.6 Å². The molecule has 176 valence electrons. The van der Waals surface area contributed by atoms with E-state index in [0.29, 0.717) is 28.6 Å². The highest BCUT2D eigenvalue weighted by molar-refractivity contribution is 7.12. The normalized spacial score (nSPS) is 12.1. The molecule has 4 N–H and O–H groups in total. The number of aliphatic hydroxyl groups is 1. The van der Waals surface area contributed by atoms with Gasteiger partial charge in [0.25, 0.3) is 11.8 Å². The van der Waals surface area contributed by atoms with Crippen LogP contribution in [0.5, 0.6) is 0 Å². The van der Waals surface area contributed by atoms with Gasteiger partial charge >= 0.3 is 0 Å². The van der Waals surface area contributed by atoms with Crippen molar-refractivity contribution in [1.29, 1.82) is 0 Å². The number of hydrogen-bond donors (Lipinski definition) is 4. The third-order valence-electron chi connectivity index (χ3n) is 5.31. The Morgan fingerprint density at radius 2 is 1.85 bits per heavy atom. The van der Waals surface area contributed by atoms with Crippen LogP contribution in [0, 0.1) is 0 Å². The average molecular weight is 497 g/mol. The first-order valence-corrected chi connectivity index (χ1v) is 12.2. The summed E-state index contributed by atoms with van der Waals surface area (Å²) in [5.74, 6) is -0.403. The van der Waals surface area contributed by atoms with Crippen LogP contribution < -0.4 is 10.6 Å². The molecule has 0 radical (unpaired) electrons. The van der Waals surface area contributed by atoms with Crippen molar-refractivity contribution >= 4 is 45.7 Å². The van der Waals surface area contributed by atoms with Gasteiger partial charge in [0, 0.05) is 23.0 Å². The van der Waals surface area contributed by atoms with Crippen LogP contribution in [0.3, 0.4) is 0 Å². The number of H-pyrrole nitrogens is 1. The maximum Gasteiger partial charge on any atom is 0.272 e. The molecule has 0 fully saturated rings. The van der Waals surface area contributed by atoms with E-state index < -0.39 is 6.10 Å². The molecule has 0 aliphatic carbocycles. The highest BCUT2D eigenvalue weighted by Gasteiger charge is 2.16. The first-order valence-electron chi connectivity index (χ1n) is 10.9. The monoisotopic (exact) mass is 496 g/mol. The van der Waals surface area contributed by atoms with Gasteiger partial charge in [-0.05, 0) is 72.7 Å². The Labute approximate surface area is 206 Å². The first-order chi connectivity index (χ1) is 16.3. The summed E-state index contributed by atoms with van der Waals surface area (Å²) in [6, 6.07) is 14.6. The number of aromatic nitrogens is 2. The van der Waals surface area contributed by atoms with Crippen molar-refractivity contribution in [3.05, 3.63) is 75.1 Å². The zero-order valence-corrected chi connectivity index (χ0v) is 20.3. The molecule has 0 unspecified atom stereocenters. The molecule has 4 rings (SSSR count). The lowest BCUT2D eigenvalue weighted by molar-refractivity contribution is 0.0933. The molecule has 9 heteroatoms. The molecule has 34 heavy (non-hydrogen) atoms. The fraction of sp³-hybridized carbons (Fsp3) is 0.240. The summed E-state index contributed by atoms with van der Waals surface area (Å²) in [4.78, 5) is 25.5. The lowest BCUT2D eigenvalue weighted by Gasteiger charge is -2.11. The zero-order valence-electron chi connectivity index (χ0n) is 18.8. The predicted octanol–water partition coefficient (Wildman–Crippen LogP) is 4.94. The summed E-state index contributed by atoms with van der Waals surface area (Å²) in [6.07, 6.45) is -0.278. The van der Waals surface area contributed by atoms with Crippen molar-refractivity contribution < 1.29 is 14.7 Å². The number of amides is 2. The number of carbonyl (C=O) groups is 2. The number of halogens is 1. The molecule has 4 aromatic rings. The standard InChI is InChI=1S/C25H25ClN4O3S/c1-14(2)28-25(33)23-19-8-5-16(11-20(19)29-30-23)17-12-22(34-13-17)24(32)27-10-9-21(31)15-3-6-18(26)7-4-15/h3-8,11-14,21,31H,9-10H2,1-2H3,(H,27,32)(H,28,33)(H,29,30)/t21-/m1/s1. The van der Waals surface area contributed by atoms with Crippen LogP contribution in [0.4, 0.5) is 0 Å². The van der Waals surface area contributed by atoms with Crippen LogP contribution in [-0.4, -0.2) is 39.7 Å². The fourth-order valence-corrected chi connectivity index (χ4v) is 4.53. The molecule has 0 aliphatic rings. The summed E-state index contributed by atoms with van der Waals surface area (Å²) in [6.45, 7) is 4.14. The van der Waals surface area contributed by atoms with Gasteiger partial charge in [0.1, 0.15) is 0 Å².